The Morgan fingerprint density at radius 2 is 1.75 bits per heavy atom. The summed E-state index contributed by atoms with van der Waals surface area (Å²) in [7, 11) is 0. The minimum absolute atomic E-state index is 0.640. The fraction of sp³-hybridized carbons (Fsp3) is 0.533. The van der Waals surface area contributed by atoms with E-state index in [1.165, 1.54) is 37.7 Å². The largest absolute Gasteiger partial charge is 0.298 e. The van der Waals surface area contributed by atoms with Gasteiger partial charge in [0.1, 0.15) is 6.29 Å². The SMILES string of the molecule is C[C@@H](c1ccc(C=O)cc1)C1CCCCC1. The molecule has 0 unspecified atom stereocenters. The number of carbonyl (C=O) groups excluding carboxylic acids is 1. The van der Waals surface area contributed by atoms with Crippen molar-refractivity contribution < 1.29 is 4.79 Å². The lowest BCUT2D eigenvalue weighted by molar-refractivity contribution is 0.112. The number of benzene rings is 1. The molecule has 1 nitrogen and oxygen atoms in total. The minimum Gasteiger partial charge on any atom is -0.298 e. The summed E-state index contributed by atoms with van der Waals surface area (Å²) in [5.41, 5.74) is 2.16. The molecule has 2 rings (SSSR count). The predicted octanol–water partition coefficient (Wildman–Crippen LogP) is 4.18. The number of carbonyl (C=O) groups is 1. The van der Waals surface area contributed by atoms with Crippen molar-refractivity contribution in [1.29, 1.82) is 0 Å². The zero-order valence-corrected chi connectivity index (χ0v) is 9.99. The van der Waals surface area contributed by atoms with E-state index in [9.17, 15) is 4.79 Å². The van der Waals surface area contributed by atoms with Gasteiger partial charge < -0.3 is 0 Å². The smallest absolute Gasteiger partial charge is 0.150 e. The van der Waals surface area contributed by atoms with E-state index < -0.39 is 0 Å². The minimum atomic E-state index is 0.640. The molecule has 0 aliphatic heterocycles. The Bertz CT molecular complexity index is 333. The summed E-state index contributed by atoms with van der Waals surface area (Å²) in [6.07, 6.45) is 7.85. The molecule has 0 aromatic heterocycles. The summed E-state index contributed by atoms with van der Waals surface area (Å²) >= 11 is 0. The maximum Gasteiger partial charge on any atom is 0.150 e. The van der Waals surface area contributed by atoms with Crippen LogP contribution in [0, 0.1) is 5.92 Å². The highest BCUT2D eigenvalue weighted by atomic mass is 16.1. The van der Waals surface area contributed by atoms with Crippen molar-refractivity contribution in [2.24, 2.45) is 5.92 Å². The number of hydrogen-bond donors (Lipinski definition) is 0. The first-order chi connectivity index (χ1) is 7.81. The highest BCUT2D eigenvalue weighted by molar-refractivity contribution is 5.74. The van der Waals surface area contributed by atoms with Gasteiger partial charge in [0, 0.05) is 5.56 Å². The predicted molar refractivity (Wildman–Crippen MR) is 66.8 cm³/mol. The molecular weight excluding hydrogens is 196 g/mol. The first-order valence-electron chi connectivity index (χ1n) is 6.36. The van der Waals surface area contributed by atoms with Gasteiger partial charge in [-0.05, 0) is 30.2 Å². The van der Waals surface area contributed by atoms with Crippen molar-refractivity contribution in [3.63, 3.8) is 0 Å². The Kier molecular flexibility index (Phi) is 3.76. The van der Waals surface area contributed by atoms with Crippen LogP contribution in [0.2, 0.25) is 0 Å². The summed E-state index contributed by atoms with van der Waals surface area (Å²) in [5, 5.41) is 0. The molecule has 1 aromatic rings. The third-order valence-electron chi connectivity index (χ3n) is 3.96. The maximum atomic E-state index is 10.6. The molecule has 0 saturated heterocycles. The Hall–Kier alpha value is -1.11. The van der Waals surface area contributed by atoms with Crippen LogP contribution in [0.1, 0.15) is 60.9 Å². The monoisotopic (exact) mass is 216 g/mol. The standard InChI is InChI=1S/C15H20O/c1-12(14-5-3-2-4-6-14)15-9-7-13(11-16)8-10-15/h7-12,14H,2-6H2,1H3/t12-/m1/s1. The number of hydrogen-bond acceptors (Lipinski definition) is 1. The van der Waals surface area contributed by atoms with Crippen LogP contribution in [-0.2, 0) is 0 Å². The molecule has 1 fully saturated rings. The molecular formula is C15H20O. The van der Waals surface area contributed by atoms with Crippen LogP contribution in [-0.4, -0.2) is 6.29 Å². The van der Waals surface area contributed by atoms with Gasteiger partial charge in [0.05, 0.1) is 0 Å². The van der Waals surface area contributed by atoms with Crippen molar-refractivity contribution in [1.82, 2.24) is 0 Å². The molecule has 0 spiro atoms. The van der Waals surface area contributed by atoms with Gasteiger partial charge in [-0.3, -0.25) is 4.79 Å². The molecule has 1 saturated carbocycles. The summed E-state index contributed by atoms with van der Waals surface area (Å²) < 4.78 is 0. The lowest BCUT2D eigenvalue weighted by Gasteiger charge is -2.28. The highest BCUT2D eigenvalue weighted by Gasteiger charge is 2.20. The second-order valence-corrected chi connectivity index (χ2v) is 4.97. The molecule has 86 valence electrons. The molecule has 0 N–H and O–H groups in total. The summed E-state index contributed by atoms with van der Waals surface area (Å²) in [6, 6.07) is 8.09. The molecule has 1 aliphatic carbocycles. The topological polar surface area (TPSA) is 17.1 Å². The van der Waals surface area contributed by atoms with E-state index >= 15 is 0 Å². The quantitative estimate of drug-likeness (QED) is 0.693. The van der Waals surface area contributed by atoms with E-state index in [0.29, 0.717) is 5.92 Å². The van der Waals surface area contributed by atoms with Gasteiger partial charge in [-0.1, -0.05) is 50.5 Å². The van der Waals surface area contributed by atoms with E-state index in [-0.39, 0.29) is 0 Å². The molecule has 1 heteroatoms. The van der Waals surface area contributed by atoms with E-state index in [4.69, 9.17) is 0 Å². The molecule has 16 heavy (non-hydrogen) atoms. The van der Waals surface area contributed by atoms with Gasteiger partial charge in [-0.2, -0.15) is 0 Å². The third kappa shape index (κ3) is 2.52. The van der Waals surface area contributed by atoms with Crippen molar-refractivity contribution in [3.8, 4) is 0 Å². The Morgan fingerprint density at radius 3 is 2.31 bits per heavy atom. The van der Waals surface area contributed by atoms with Crippen molar-refractivity contribution in [3.05, 3.63) is 35.4 Å². The van der Waals surface area contributed by atoms with Gasteiger partial charge in [-0.15, -0.1) is 0 Å². The summed E-state index contributed by atoms with van der Waals surface area (Å²) in [4.78, 5) is 10.6. The van der Waals surface area contributed by atoms with E-state index in [1.807, 2.05) is 12.1 Å². The first kappa shape index (κ1) is 11.4. The van der Waals surface area contributed by atoms with Crippen LogP contribution in [0.4, 0.5) is 0 Å². The Balaban J connectivity index is 2.06. The lowest BCUT2D eigenvalue weighted by Crippen LogP contribution is -2.13. The second-order valence-electron chi connectivity index (χ2n) is 4.97. The van der Waals surface area contributed by atoms with Crippen LogP contribution in [0.25, 0.3) is 0 Å². The average Bonchev–Trinajstić information content (AvgIpc) is 2.39. The van der Waals surface area contributed by atoms with Crippen molar-refractivity contribution >= 4 is 6.29 Å². The van der Waals surface area contributed by atoms with Gasteiger partial charge in [0.2, 0.25) is 0 Å². The fourth-order valence-electron chi connectivity index (χ4n) is 2.78. The van der Waals surface area contributed by atoms with Gasteiger partial charge in [-0.25, -0.2) is 0 Å². The zero-order valence-electron chi connectivity index (χ0n) is 9.99. The maximum absolute atomic E-state index is 10.6. The molecule has 0 radical (unpaired) electrons. The second kappa shape index (κ2) is 5.29. The Morgan fingerprint density at radius 1 is 1.12 bits per heavy atom. The van der Waals surface area contributed by atoms with Crippen molar-refractivity contribution in [2.45, 2.75) is 44.9 Å². The Labute approximate surface area is 97.9 Å². The molecule has 1 aromatic carbocycles. The third-order valence-corrected chi connectivity index (χ3v) is 3.96. The molecule has 0 amide bonds. The normalized spacial score (nSPS) is 19.3. The van der Waals surface area contributed by atoms with Crippen LogP contribution < -0.4 is 0 Å². The van der Waals surface area contributed by atoms with E-state index in [2.05, 4.69) is 19.1 Å². The highest BCUT2D eigenvalue weighted by Crippen LogP contribution is 2.35. The zero-order chi connectivity index (χ0) is 11.4. The average molecular weight is 216 g/mol. The number of aldehydes is 1. The number of rotatable bonds is 3. The van der Waals surface area contributed by atoms with Gasteiger partial charge >= 0.3 is 0 Å². The van der Waals surface area contributed by atoms with Crippen molar-refractivity contribution in [2.75, 3.05) is 0 Å². The van der Waals surface area contributed by atoms with Crippen LogP contribution in [0.5, 0.6) is 0 Å². The molecule has 1 atom stereocenters. The van der Waals surface area contributed by atoms with E-state index in [1.54, 1.807) is 0 Å². The van der Waals surface area contributed by atoms with Crippen LogP contribution >= 0.6 is 0 Å². The van der Waals surface area contributed by atoms with Crippen LogP contribution in [0.3, 0.4) is 0 Å². The van der Waals surface area contributed by atoms with Gasteiger partial charge in [0.15, 0.2) is 0 Å². The summed E-state index contributed by atoms with van der Waals surface area (Å²) in [5.74, 6) is 1.48. The molecule has 1 aliphatic rings. The first-order valence-corrected chi connectivity index (χ1v) is 6.36. The molecule has 0 bridgehead atoms. The lowest BCUT2D eigenvalue weighted by atomic mass is 9.78. The summed E-state index contributed by atoms with van der Waals surface area (Å²) in [6.45, 7) is 2.33. The fourth-order valence-corrected chi connectivity index (χ4v) is 2.78. The molecule has 0 heterocycles. The van der Waals surface area contributed by atoms with Gasteiger partial charge in [0.25, 0.3) is 0 Å². The van der Waals surface area contributed by atoms with E-state index in [0.717, 1.165) is 17.8 Å². The van der Waals surface area contributed by atoms with Crippen LogP contribution in [0.15, 0.2) is 24.3 Å².